The Morgan fingerprint density at radius 1 is 1.15 bits per heavy atom. The topological polar surface area (TPSA) is 115 Å². The van der Waals surface area contributed by atoms with Crippen LogP contribution in [0.25, 0.3) is 0 Å². The molecule has 0 amide bonds. The van der Waals surface area contributed by atoms with Crippen LogP contribution in [0.4, 0.5) is 0 Å². The molecule has 3 rings (SSSR count). The zero-order chi connectivity index (χ0) is 14.3. The van der Waals surface area contributed by atoms with Crippen LogP contribution < -0.4 is 16.6 Å². The van der Waals surface area contributed by atoms with Gasteiger partial charge in [-0.3, -0.25) is 9.78 Å². The first-order valence-electron chi connectivity index (χ1n) is 6.55. The van der Waals surface area contributed by atoms with E-state index < -0.39 is 26.2 Å². The van der Waals surface area contributed by atoms with E-state index in [4.69, 9.17) is 0 Å². The number of nitrogens with one attached hydrogen (secondary N) is 3. The Kier molecular flexibility index (Phi) is 3.27. The third-order valence-corrected chi connectivity index (χ3v) is 5.76. The van der Waals surface area contributed by atoms with E-state index in [-0.39, 0.29) is 6.04 Å². The summed E-state index contributed by atoms with van der Waals surface area (Å²) in [5.74, 6) is 0. The van der Waals surface area contributed by atoms with Crippen molar-refractivity contribution in [2.45, 2.75) is 36.2 Å². The molecule has 2 atom stereocenters. The van der Waals surface area contributed by atoms with Crippen molar-refractivity contribution in [1.29, 1.82) is 0 Å². The molecule has 2 bridgehead atoms. The Bertz CT molecular complexity index is 722. The van der Waals surface area contributed by atoms with Gasteiger partial charge >= 0.3 is 5.69 Å². The standard InChI is InChI=1S/C11H16N4O4S/c16-10-9(5-12-11(17)14-10)20(18,19)15-4-3-7-1-2-8(6-15)13-7/h5,7-8,13H,1-4,6H2,(H2,12,14,16,17). The Balaban J connectivity index is 1.95. The molecule has 0 spiro atoms. The monoisotopic (exact) mass is 300 g/mol. The number of aromatic nitrogens is 2. The molecule has 0 aliphatic carbocycles. The molecule has 20 heavy (non-hydrogen) atoms. The second-order valence-electron chi connectivity index (χ2n) is 5.23. The van der Waals surface area contributed by atoms with Gasteiger partial charge in [0.25, 0.3) is 5.56 Å². The summed E-state index contributed by atoms with van der Waals surface area (Å²) in [4.78, 5) is 26.4. The molecule has 1 aromatic heterocycles. The van der Waals surface area contributed by atoms with Gasteiger partial charge in [-0.25, -0.2) is 13.2 Å². The molecule has 9 heteroatoms. The van der Waals surface area contributed by atoms with Crippen molar-refractivity contribution in [3.8, 4) is 0 Å². The first kappa shape index (κ1) is 13.5. The van der Waals surface area contributed by atoms with Gasteiger partial charge in [-0.2, -0.15) is 4.31 Å². The predicted octanol–water partition coefficient (Wildman–Crippen LogP) is -1.42. The third kappa shape index (κ3) is 2.32. The fourth-order valence-electron chi connectivity index (χ4n) is 2.86. The van der Waals surface area contributed by atoms with Crippen molar-refractivity contribution in [3.63, 3.8) is 0 Å². The summed E-state index contributed by atoms with van der Waals surface area (Å²) in [6, 6.07) is 0.494. The SMILES string of the molecule is O=c1[nH]cc(S(=O)(=O)N2CCC3CCC(C2)N3)c(=O)[nH]1. The molecule has 110 valence electrons. The van der Waals surface area contributed by atoms with E-state index in [0.29, 0.717) is 19.1 Å². The van der Waals surface area contributed by atoms with Crippen molar-refractivity contribution >= 4 is 10.0 Å². The number of rotatable bonds is 2. The first-order chi connectivity index (χ1) is 9.46. The summed E-state index contributed by atoms with van der Waals surface area (Å²) < 4.78 is 26.3. The normalized spacial score (nSPS) is 27.4. The van der Waals surface area contributed by atoms with Crippen molar-refractivity contribution in [1.82, 2.24) is 19.6 Å². The van der Waals surface area contributed by atoms with Gasteiger partial charge in [-0.15, -0.1) is 0 Å². The summed E-state index contributed by atoms with van der Waals surface area (Å²) in [7, 11) is -3.88. The second kappa shape index (κ2) is 4.83. The summed E-state index contributed by atoms with van der Waals surface area (Å²) >= 11 is 0. The van der Waals surface area contributed by atoms with E-state index in [1.165, 1.54) is 4.31 Å². The van der Waals surface area contributed by atoms with Crippen LogP contribution in [0.5, 0.6) is 0 Å². The predicted molar refractivity (Wildman–Crippen MR) is 71.0 cm³/mol. The number of aromatic amines is 2. The van der Waals surface area contributed by atoms with Gasteiger partial charge in [-0.1, -0.05) is 0 Å². The highest BCUT2D eigenvalue weighted by molar-refractivity contribution is 7.89. The van der Waals surface area contributed by atoms with E-state index in [2.05, 4.69) is 10.3 Å². The minimum atomic E-state index is -3.88. The largest absolute Gasteiger partial charge is 0.325 e. The van der Waals surface area contributed by atoms with Crippen LogP contribution in [0, 0.1) is 0 Å². The summed E-state index contributed by atoms with van der Waals surface area (Å²) in [6.45, 7) is 0.743. The maximum atomic E-state index is 12.5. The highest BCUT2D eigenvalue weighted by Gasteiger charge is 2.36. The number of sulfonamides is 1. The van der Waals surface area contributed by atoms with Gasteiger partial charge in [0.2, 0.25) is 10.0 Å². The zero-order valence-corrected chi connectivity index (χ0v) is 11.6. The first-order valence-corrected chi connectivity index (χ1v) is 7.99. The molecule has 2 aliphatic heterocycles. The minimum absolute atomic E-state index is 0.138. The van der Waals surface area contributed by atoms with Crippen molar-refractivity contribution in [2.75, 3.05) is 13.1 Å². The smallest absolute Gasteiger partial charge is 0.313 e. The molecule has 2 fully saturated rings. The van der Waals surface area contributed by atoms with Crippen LogP contribution in [0.3, 0.4) is 0 Å². The van der Waals surface area contributed by atoms with Gasteiger partial charge in [0.05, 0.1) is 0 Å². The van der Waals surface area contributed by atoms with E-state index in [1.807, 2.05) is 4.98 Å². The fraction of sp³-hybridized carbons (Fsp3) is 0.636. The lowest BCUT2D eigenvalue weighted by atomic mass is 10.1. The number of hydrogen-bond acceptors (Lipinski definition) is 5. The molecule has 3 N–H and O–H groups in total. The summed E-state index contributed by atoms with van der Waals surface area (Å²) in [6.07, 6.45) is 3.71. The minimum Gasteiger partial charge on any atom is -0.313 e. The van der Waals surface area contributed by atoms with E-state index in [1.54, 1.807) is 0 Å². The molecule has 2 saturated heterocycles. The van der Waals surface area contributed by atoms with Crippen molar-refractivity contribution < 1.29 is 8.42 Å². The van der Waals surface area contributed by atoms with Gasteiger partial charge < -0.3 is 10.3 Å². The molecule has 3 heterocycles. The van der Waals surface area contributed by atoms with Crippen LogP contribution in [0.15, 0.2) is 20.7 Å². The molecule has 2 aliphatic rings. The average Bonchev–Trinajstić information content (AvgIpc) is 2.67. The maximum Gasteiger partial charge on any atom is 0.325 e. The van der Waals surface area contributed by atoms with Crippen molar-refractivity contribution in [3.05, 3.63) is 27.0 Å². The van der Waals surface area contributed by atoms with Gasteiger partial charge in [0.15, 0.2) is 4.90 Å². The van der Waals surface area contributed by atoms with E-state index >= 15 is 0 Å². The number of H-pyrrole nitrogens is 2. The molecular weight excluding hydrogens is 284 g/mol. The molecule has 0 radical (unpaired) electrons. The molecule has 8 nitrogen and oxygen atoms in total. The average molecular weight is 300 g/mol. The Hall–Kier alpha value is -1.45. The lowest BCUT2D eigenvalue weighted by Gasteiger charge is -2.22. The third-order valence-electron chi connectivity index (χ3n) is 3.89. The number of nitrogens with zero attached hydrogens (tertiary/aromatic N) is 1. The lowest BCUT2D eigenvalue weighted by molar-refractivity contribution is 0.382. The lowest BCUT2D eigenvalue weighted by Crippen LogP contribution is -2.41. The van der Waals surface area contributed by atoms with Crippen LogP contribution in [-0.2, 0) is 10.0 Å². The Labute approximate surface area is 115 Å². The highest BCUT2D eigenvalue weighted by atomic mass is 32.2. The van der Waals surface area contributed by atoms with Gasteiger partial charge in [0, 0.05) is 31.4 Å². The number of fused-ring (bicyclic) bond motifs is 2. The van der Waals surface area contributed by atoms with E-state index in [9.17, 15) is 18.0 Å². The Morgan fingerprint density at radius 3 is 2.65 bits per heavy atom. The quantitative estimate of drug-likeness (QED) is 0.620. The van der Waals surface area contributed by atoms with Gasteiger partial charge in [-0.05, 0) is 19.3 Å². The molecule has 0 saturated carbocycles. The van der Waals surface area contributed by atoms with Crippen molar-refractivity contribution in [2.24, 2.45) is 0 Å². The van der Waals surface area contributed by atoms with E-state index in [0.717, 1.165) is 25.5 Å². The molecule has 1 aromatic rings. The summed E-state index contributed by atoms with van der Waals surface area (Å²) in [5, 5.41) is 3.38. The maximum absolute atomic E-state index is 12.5. The second-order valence-corrected chi connectivity index (χ2v) is 7.13. The number of hydrogen-bond donors (Lipinski definition) is 3. The van der Waals surface area contributed by atoms with Crippen LogP contribution >= 0.6 is 0 Å². The fourth-order valence-corrected chi connectivity index (χ4v) is 4.35. The zero-order valence-electron chi connectivity index (χ0n) is 10.8. The molecular formula is C11H16N4O4S. The molecule has 0 aromatic carbocycles. The van der Waals surface area contributed by atoms with Crippen LogP contribution in [-0.4, -0.2) is 47.9 Å². The van der Waals surface area contributed by atoms with Crippen LogP contribution in [0.1, 0.15) is 19.3 Å². The van der Waals surface area contributed by atoms with Crippen LogP contribution in [0.2, 0.25) is 0 Å². The van der Waals surface area contributed by atoms with Gasteiger partial charge in [0.1, 0.15) is 0 Å². The summed E-state index contributed by atoms with van der Waals surface area (Å²) in [5.41, 5.74) is -1.60. The molecule has 2 unspecified atom stereocenters. The highest BCUT2D eigenvalue weighted by Crippen LogP contribution is 2.23. The Morgan fingerprint density at radius 2 is 1.90 bits per heavy atom.